The second-order valence-electron chi connectivity index (χ2n) is 21.8. The molecule has 0 N–H and O–H groups in total. The van der Waals surface area contributed by atoms with Crippen LogP contribution in [0.4, 0.5) is 34.1 Å². The molecule has 3 heterocycles. The van der Waals surface area contributed by atoms with Crippen LogP contribution in [-0.4, -0.2) is 0 Å². The normalized spacial score (nSPS) is 11.8. The number of para-hydroxylation sites is 4. The minimum absolute atomic E-state index is 0.827. The number of rotatable bonds is 10. The Kier molecular flexibility index (Phi) is 11.4. The van der Waals surface area contributed by atoms with E-state index in [1.165, 1.54) is 30.9 Å². The lowest BCUT2D eigenvalue weighted by atomic mass is 9.97. The first-order valence-electron chi connectivity index (χ1n) is 28.9. The third-order valence-corrected chi connectivity index (χ3v) is 18.2. The van der Waals surface area contributed by atoms with Gasteiger partial charge in [0.25, 0.3) is 0 Å². The van der Waals surface area contributed by atoms with E-state index in [4.69, 9.17) is 8.83 Å². The summed E-state index contributed by atoms with van der Waals surface area (Å²) in [5, 5.41) is 11.3. The summed E-state index contributed by atoms with van der Waals surface area (Å²) in [6.07, 6.45) is 0. The molecule has 0 saturated heterocycles. The molecule has 0 bridgehead atoms. The molecule has 3 aromatic heterocycles. The minimum atomic E-state index is 0.827. The van der Waals surface area contributed by atoms with Gasteiger partial charge in [-0.2, -0.15) is 0 Å². The molecule has 0 aliphatic rings. The van der Waals surface area contributed by atoms with Crippen molar-refractivity contribution in [3.63, 3.8) is 0 Å². The first-order chi connectivity index (χ1) is 42.2. The molecule has 17 rings (SSSR count). The Bertz CT molecular complexity index is 5430. The van der Waals surface area contributed by atoms with E-state index in [1.807, 2.05) is 11.3 Å². The van der Waals surface area contributed by atoms with E-state index >= 15 is 0 Å². The highest BCUT2D eigenvalue weighted by atomic mass is 32.1. The lowest BCUT2D eigenvalue weighted by Gasteiger charge is -2.28. The maximum atomic E-state index is 7.28. The molecule has 17 aromatic rings. The molecule has 0 aliphatic heterocycles. The number of thiophene rings is 1. The molecule has 14 aromatic carbocycles. The first kappa shape index (κ1) is 48.7. The maximum Gasteiger partial charge on any atom is 0.159 e. The van der Waals surface area contributed by atoms with Gasteiger partial charge in [0, 0.05) is 80.4 Å². The Balaban J connectivity index is 0.932. The van der Waals surface area contributed by atoms with Crippen LogP contribution >= 0.6 is 11.3 Å². The van der Waals surface area contributed by atoms with Crippen LogP contribution in [0, 0.1) is 0 Å². The van der Waals surface area contributed by atoms with E-state index in [0.29, 0.717) is 0 Å². The molecule has 0 aliphatic carbocycles. The average Bonchev–Trinajstić information content (AvgIpc) is 1.88. The van der Waals surface area contributed by atoms with Gasteiger partial charge in [0.1, 0.15) is 11.2 Å². The van der Waals surface area contributed by atoms with Crippen LogP contribution in [0.1, 0.15) is 0 Å². The highest BCUT2D eigenvalue weighted by Gasteiger charge is 2.28. The minimum Gasteiger partial charge on any atom is -0.453 e. The predicted octanol–water partition coefficient (Wildman–Crippen LogP) is 23.8. The van der Waals surface area contributed by atoms with E-state index in [9.17, 15) is 0 Å². The summed E-state index contributed by atoms with van der Waals surface area (Å²) in [6.45, 7) is 0. The van der Waals surface area contributed by atoms with Gasteiger partial charge in [-0.05, 0) is 87.3 Å². The number of hydrogen-bond donors (Lipinski definition) is 0. The monoisotopic (exact) mass is 1100 g/mol. The summed E-state index contributed by atoms with van der Waals surface area (Å²) in [5.74, 6) is 0. The number of fused-ring (bicyclic) bond motifs is 13. The average molecular weight is 1100 g/mol. The number of nitrogens with zero attached hydrogens (tertiary/aromatic N) is 2. The molecule has 0 atom stereocenters. The first-order valence-corrected chi connectivity index (χ1v) is 29.7. The zero-order valence-corrected chi connectivity index (χ0v) is 46.8. The van der Waals surface area contributed by atoms with Crippen molar-refractivity contribution in [3.05, 3.63) is 303 Å². The Morgan fingerprint density at radius 2 is 0.600 bits per heavy atom. The van der Waals surface area contributed by atoms with Crippen molar-refractivity contribution >= 4 is 131 Å². The number of hydrogen-bond acceptors (Lipinski definition) is 5. The van der Waals surface area contributed by atoms with Gasteiger partial charge >= 0.3 is 0 Å². The van der Waals surface area contributed by atoms with Crippen LogP contribution in [0.15, 0.2) is 312 Å². The van der Waals surface area contributed by atoms with Gasteiger partial charge in [-0.3, -0.25) is 0 Å². The van der Waals surface area contributed by atoms with Gasteiger partial charge in [-0.1, -0.05) is 255 Å². The van der Waals surface area contributed by atoms with Crippen molar-refractivity contribution in [1.29, 1.82) is 0 Å². The Labute approximate surface area is 494 Å². The third-order valence-electron chi connectivity index (χ3n) is 17.0. The highest BCUT2D eigenvalue weighted by molar-refractivity contribution is 7.27. The molecular weight excluding hydrogens is 1050 g/mol. The van der Waals surface area contributed by atoms with Crippen molar-refractivity contribution < 1.29 is 8.83 Å². The van der Waals surface area contributed by atoms with Gasteiger partial charge in [0.2, 0.25) is 0 Å². The van der Waals surface area contributed by atoms with Crippen molar-refractivity contribution in [2.45, 2.75) is 0 Å². The lowest BCUT2D eigenvalue weighted by molar-refractivity contribution is 0.670. The second kappa shape index (κ2) is 19.9. The Hall–Kier alpha value is -11.0. The van der Waals surface area contributed by atoms with Crippen LogP contribution in [0.3, 0.4) is 0 Å². The summed E-state index contributed by atoms with van der Waals surface area (Å²) < 4.78 is 17.0. The number of anilines is 6. The van der Waals surface area contributed by atoms with Crippen LogP contribution < -0.4 is 9.80 Å². The molecule has 0 radical (unpaired) electrons. The van der Waals surface area contributed by atoms with Crippen LogP contribution in [0.25, 0.3) is 130 Å². The Morgan fingerprint density at radius 1 is 0.235 bits per heavy atom. The zero-order chi connectivity index (χ0) is 56.0. The second-order valence-corrected chi connectivity index (χ2v) is 22.9. The maximum absolute atomic E-state index is 7.28. The van der Waals surface area contributed by atoms with E-state index in [0.717, 1.165) is 133 Å². The fourth-order valence-corrected chi connectivity index (χ4v) is 14.4. The van der Waals surface area contributed by atoms with Crippen LogP contribution in [0.5, 0.6) is 0 Å². The van der Waals surface area contributed by atoms with Crippen molar-refractivity contribution in [2.75, 3.05) is 9.80 Å². The van der Waals surface area contributed by atoms with E-state index in [2.05, 4.69) is 313 Å². The molecule has 0 saturated carbocycles. The molecular formula is C80H50N2O2S. The van der Waals surface area contributed by atoms with Crippen LogP contribution in [-0.2, 0) is 0 Å². The van der Waals surface area contributed by atoms with Crippen molar-refractivity contribution in [1.82, 2.24) is 0 Å². The molecule has 5 heteroatoms. The molecule has 0 spiro atoms. The van der Waals surface area contributed by atoms with Gasteiger partial charge < -0.3 is 18.6 Å². The number of benzene rings is 14. The standard InChI is InChI=1S/C80H50N2O2S/c1-5-23-51(24-6-1)55-31-17-33-57(47-55)81(70-45-21-43-66-64-41-19-39-59(76(64)83-78(66)70)53-27-9-3-10-28-53)72-49-69-75-63-37-15-13-35-61(63)73(50-74(75)85-80(69)68-38-16-14-36-62(68)72)82(58-34-18-32-56(48-58)52-25-7-2-8-26-52)71-46-22-44-67-65-42-20-40-60(77(65)84-79(67)71)54-29-11-4-12-30-54/h1-50H. The number of furan rings is 2. The third kappa shape index (κ3) is 7.97. The fraction of sp³-hybridized carbons (Fsp3) is 0. The topological polar surface area (TPSA) is 32.8 Å². The summed E-state index contributed by atoms with van der Waals surface area (Å²) in [7, 11) is 0. The van der Waals surface area contributed by atoms with E-state index in [-0.39, 0.29) is 0 Å². The highest BCUT2D eigenvalue weighted by Crippen LogP contribution is 2.54. The smallest absolute Gasteiger partial charge is 0.159 e. The van der Waals surface area contributed by atoms with Crippen LogP contribution in [0.2, 0.25) is 0 Å². The molecule has 4 nitrogen and oxygen atoms in total. The van der Waals surface area contributed by atoms with Gasteiger partial charge in [-0.15, -0.1) is 11.3 Å². The molecule has 85 heavy (non-hydrogen) atoms. The summed E-state index contributed by atoms with van der Waals surface area (Å²) in [4.78, 5) is 4.88. The summed E-state index contributed by atoms with van der Waals surface area (Å²) in [6, 6.07) is 109. The lowest BCUT2D eigenvalue weighted by Crippen LogP contribution is -2.11. The zero-order valence-electron chi connectivity index (χ0n) is 46.0. The van der Waals surface area contributed by atoms with Gasteiger partial charge in [0.15, 0.2) is 11.2 Å². The Morgan fingerprint density at radius 3 is 1.09 bits per heavy atom. The van der Waals surface area contributed by atoms with Crippen molar-refractivity contribution in [2.24, 2.45) is 0 Å². The molecule has 0 unspecified atom stereocenters. The van der Waals surface area contributed by atoms with E-state index in [1.54, 1.807) is 0 Å². The molecule has 0 fully saturated rings. The fourth-order valence-electron chi connectivity index (χ4n) is 13.2. The SMILES string of the molecule is c1ccc(-c2cccc(N(c3cc4c(sc5cc(N(c6cccc(-c7ccccc7)c6)c6cccc7c6oc6c(-c8ccccc8)cccc67)c6ccccc6c54)c4ccccc34)c3cccc4c3oc3c(-c5ccccc5)cccc34)c2)cc1. The summed E-state index contributed by atoms with van der Waals surface area (Å²) >= 11 is 1.86. The molecule has 0 amide bonds. The largest absolute Gasteiger partial charge is 0.453 e. The van der Waals surface area contributed by atoms with E-state index < -0.39 is 0 Å². The summed E-state index contributed by atoms with van der Waals surface area (Å²) in [5.41, 5.74) is 18.4. The van der Waals surface area contributed by atoms with Gasteiger partial charge in [-0.25, -0.2) is 0 Å². The van der Waals surface area contributed by atoms with Crippen molar-refractivity contribution in [3.8, 4) is 44.5 Å². The molecule has 398 valence electrons. The quantitative estimate of drug-likeness (QED) is 0.137. The van der Waals surface area contributed by atoms with Gasteiger partial charge in [0.05, 0.1) is 22.7 Å². The predicted molar refractivity (Wildman–Crippen MR) is 360 cm³/mol.